The molecule has 0 spiro atoms. The smallest absolute Gasteiger partial charge is 0.134 e. The van der Waals surface area contributed by atoms with Crippen molar-refractivity contribution in [2.75, 3.05) is 0 Å². The highest BCUT2D eigenvalue weighted by atomic mass is 16.1. The van der Waals surface area contributed by atoms with Gasteiger partial charge in [-0.05, 0) is 24.7 Å². The Morgan fingerprint density at radius 2 is 2.08 bits per heavy atom. The molecule has 1 aliphatic rings. The van der Waals surface area contributed by atoms with E-state index >= 15 is 0 Å². The van der Waals surface area contributed by atoms with Crippen LogP contribution in [0.15, 0.2) is 12.2 Å². The molecule has 1 unspecified atom stereocenters. The van der Waals surface area contributed by atoms with Crippen LogP contribution in [0.1, 0.15) is 34.1 Å². The summed E-state index contributed by atoms with van der Waals surface area (Å²) in [6.45, 7) is 8.20. The molecule has 0 saturated carbocycles. The van der Waals surface area contributed by atoms with Crippen LogP contribution in [0.5, 0.6) is 0 Å². The van der Waals surface area contributed by atoms with E-state index in [4.69, 9.17) is 0 Å². The molecular weight excluding hydrogens is 148 g/mol. The molecular formula is C11H18O. The lowest BCUT2D eigenvalue weighted by atomic mass is 9.66. The number of allylic oxidation sites excluding steroid dienone is 2. The Morgan fingerprint density at radius 1 is 1.50 bits per heavy atom. The molecule has 1 nitrogen and oxygen atoms in total. The van der Waals surface area contributed by atoms with Gasteiger partial charge in [0.1, 0.15) is 5.78 Å². The first-order valence-corrected chi connectivity index (χ1v) is 4.62. The molecule has 0 aliphatic heterocycles. The Hall–Kier alpha value is -0.590. The molecule has 68 valence electrons. The third kappa shape index (κ3) is 1.60. The SMILES string of the molecule is CC(=O)[C@H]1C(C)C=CCC1(C)C. The van der Waals surface area contributed by atoms with Gasteiger partial charge >= 0.3 is 0 Å². The van der Waals surface area contributed by atoms with Crippen LogP contribution >= 0.6 is 0 Å². The molecule has 0 N–H and O–H groups in total. The highest BCUT2D eigenvalue weighted by Gasteiger charge is 2.37. The molecule has 1 heteroatoms. The summed E-state index contributed by atoms with van der Waals surface area (Å²) in [4.78, 5) is 11.4. The number of rotatable bonds is 1. The second-order valence-electron chi connectivity index (χ2n) is 4.57. The van der Waals surface area contributed by atoms with E-state index in [1.54, 1.807) is 6.92 Å². The summed E-state index contributed by atoms with van der Waals surface area (Å²) in [5, 5.41) is 0. The molecule has 0 fully saturated rings. The largest absolute Gasteiger partial charge is 0.300 e. The number of hydrogen-bond acceptors (Lipinski definition) is 1. The summed E-state index contributed by atoms with van der Waals surface area (Å²) >= 11 is 0. The minimum atomic E-state index is 0.153. The Bertz CT molecular complexity index is 213. The fourth-order valence-electron chi connectivity index (χ4n) is 2.46. The number of carbonyl (C=O) groups is 1. The van der Waals surface area contributed by atoms with Crippen molar-refractivity contribution in [1.29, 1.82) is 0 Å². The maximum Gasteiger partial charge on any atom is 0.134 e. The molecule has 1 aliphatic carbocycles. The maximum absolute atomic E-state index is 11.4. The van der Waals surface area contributed by atoms with Crippen LogP contribution in [-0.4, -0.2) is 5.78 Å². The van der Waals surface area contributed by atoms with Gasteiger partial charge in [0, 0.05) is 5.92 Å². The Kier molecular flexibility index (Phi) is 2.41. The summed E-state index contributed by atoms with van der Waals surface area (Å²) in [5.74, 6) is 0.950. The van der Waals surface area contributed by atoms with Gasteiger partial charge in [-0.1, -0.05) is 32.9 Å². The van der Waals surface area contributed by atoms with E-state index < -0.39 is 0 Å². The molecule has 1 rings (SSSR count). The first-order valence-electron chi connectivity index (χ1n) is 4.62. The predicted octanol–water partition coefficient (Wildman–Crippen LogP) is 2.81. The van der Waals surface area contributed by atoms with Crippen molar-refractivity contribution < 1.29 is 4.79 Å². The van der Waals surface area contributed by atoms with Gasteiger partial charge < -0.3 is 0 Å². The van der Waals surface area contributed by atoms with Crippen LogP contribution in [0, 0.1) is 17.3 Å². The number of Topliss-reactive ketones (excluding diaryl/α,β-unsaturated/α-hetero) is 1. The Morgan fingerprint density at radius 3 is 2.42 bits per heavy atom. The van der Waals surface area contributed by atoms with Gasteiger partial charge in [-0.3, -0.25) is 4.79 Å². The maximum atomic E-state index is 11.4. The summed E-state index contributed by atoms with van der Waals surface area (Å²) < 4.78 is 0. The first-order chi connectivity index (χ1) is 5.45. The van der Waals surface area contributed by atoms with Crippen molar-refractivity contribution in [1.82, 2.24) is 0 Å². The van der Waals surface area contributed by atoms with Crippen LogP contribution < -0.4 is 0 Å². The third-order valence-corrected chi connectivity index (χ3v) is 2.89. The van der Waals surface area contributed by atoms with Crippen molar-refractivity contribution in [3.63, 3.8) is 0 Å². The monoisotopic (exact) mass is 166 g/mol. The second-order valence-corrected chi connectivity index (χ2v) is 4.57. The zero-order valence-corrected chi connectivity index (χ0v) is 8.42. The number of carbonyl (C=O) groups excluding carboxylic acids is 1. The van der Waals surface area contributed by atoms with Crippen LogP contribution in [0.2, 0.25) is 0 Å². The number of ketones is 1. The normalized spacial score (nSPS) is 33.3. The van der Waals surface area contributed by atoms with E-state index in [0.717, 1.165) is 6.42 Å². The Balaban J connectivity index is 2.92. The van der Waals surface area contributed by atoms with E-state index in [1.807, 2.05) is 0 Å². The minimum absolute atomic E-state index is 0.153. The van der Waals surface area contributed by atoms with E-state index in [9.17, 15) is 4.79 Å². The Labute approximate surface area is 74.9 Å². The van der Waals surface area contributed by atoms with Crippen LogP contribution in [0.3, 0.4) is 0 Å². The van der Waals surface area contributed by atoms with E-state index in [1.165, 1.54) is 0 Å². The molecule has 0 aromatic heterocycles. The third-order valence-electron chi connectivity index (χ3n) is 2.89. The zero-order chi connectivity index (χ0) is 9.35. The second kappa shape index (κ2) is 3.04. The first kappa shape index (κ1) is 9.50. The predicted molar refractivity (Wildman–Crippen MR) is 50.9 cm³/mol. The topological polar surface area (TPSA) is 17.1 Å². The van der Waals surface area contributed by atoms with Crippen LogP contribution in [-0.2, 0) is 4.79 Å². The van der Waals surface area contributed by atoms with Crippen molar-refractivity contribution in [2.45, 2.75) is 34.1 Å². The lowest BCUT2D eigenvalue weighted by Crippen LogP contribution is -2.35. The van der Waals surface area contributed by atoms with E-state index in [-0.39, 0.29) is 11.3 Å². The zero-order valence-electron chi connectivity index (χ0n) is 8.42. The van der Waals surface area contributed by atoms with E-state index in [0.29, 0.717) is 11.7 Å². The molecule has 12 heavy (non-hydrogen) atoms. The lowest BCUT2D eigenvalue weighted by molar-refractivity contribution is -0.125. The average Bonchev–Trinajstić information content (AvgIpc) is 1.82. The molecule has 0 saturated heterocycles. The fourth-order valence-corrected chi connectivity index (χ4v) is 2.46. The van der Waals surface area contributed by atoms with Gasteiger partial charge in [0.05, 0.1) is 0 Å². The van der Waals surface area contributed by atoms with Crippen molar-refractivity contribution in [2.24, 2.45) is 17.3 Å². The summed E-state index contributed by atoms with van der Waals surface area (Å²) in [6, 6.07) is 0. The molecule has 0 bridgehead atoms. The molecule has 0 amide bonds. The average molecular weight is 166 g/mol. The summed E-state index contributed by atoms with van der Waals surface area (Å²) in [5.41, 5.74) is 0.153. The highest BCUT2D eigenvalue weighted by Crippen LogP contribution is 2.40. The fraction of sp³-hybridized carbons (Fsp3) is 0.727. The minimum Gasteiger partial charge on any atom is -0.300 e. The number of hydrogen-bond donors (Lipinski definition) is 0. The summed E-state index contributed by atoms with van der Waals surface area (Å²) in [7, 11) is 0. The van der Waals surface area contributed by atoms with Crippen LogP contribution in [0.25, 0.3) is 0 Å². The van der Waals surface area contributed by atoms with Crippen LogP contribution in [0.4, 0.5) is 0 Å². The van der Waals surface area contributed by atoms with E-state index in [2.05, 4.69) is 32.9 Å². The molecule has 0 radical (unpaired) electrons. The molecule has 0 aromatic rings. The van der Waals surface area contributed by atoms with Crippen molar-refractivity contribution >= 4 is 5.78 Å². The van der Waals surface area contributed by atoms with Crippen molar-refractivity contribution in [3.05, 3.63) is 12.2 Å². The molecule has 2 atom stereocenters. The van der Waals surface area contributed by atoms with Gasteiger partial charge in [0.2, 0.25) is 0 Å². The van der Waals surface area contributed by atoms with Gasteiger partial charge in [-0.2, -0.15) is 0 Å². The van der Waals surface area contributed by atoms with Gasteiger partial charge in [-0.15, -0.1) is 0 Å². The van der Waals surface area contributed by atoms with Crippen molar-refractivity contribution in [3.8, 4) is 0 Å². The molecule has 0 aromatic carbocycles. The summed E-state index contributed by atoms with van der Waals surface area (Å²) in [6.07, 6.45) is 5.39. The van der Waals surface area contributed by atoms with Gasteiger partial charge in [0.15, 0.2) is 0 Å². The highest BCUT2D eigenvalue weighted by molar-refractivity contribution is 5.79. The lowest BCUT2D eigenvalue weighted by Gasteiger charge is -2.38. The van der Waals surface area contributed by atoms with Gasteiger partial charge in [-0.25, -0.2) is 0 Å². The quantitative estimate of drug-likeness (QED) is 0.547. The standard InChI is InChI=1S/C11H18O/c1-8-6-5-7-11(3,4)10(8)9(2)12/h5-6,8,10H,7H2,1-4H3/t8?,10-/m1/s1. The molecule has 0 heterocycles. The van der Waals surface area contributed by atoms with Gasteiger partial charge in [0.25, 0.3) is 0 Å².